The lowest BCUT2D eigenvalue weighted by molar-refractivity contribution is -0.146. The Morgan fingerprint density at radius 1 is 1.22 bits per heavy atom. The van der Waals surface area contributed by atoms with Gasteiger partial charge in [-0.3, -0.25) is 4.79 Å². The number of esters is 1. The fraction of sp³-hybridized carbons (Fsp3) is 0.500. The normalized spacial score (nSPS) is 14.8. The number of carbonyl (C=O) groups excluding carboxylic acids is 1. The summed E-state index contributed by atoms with van der Waals surface area (Å²) in [6.07, 6.45) is 0.865. The van der Waals surface area contributed by atoms with E-state index in [4.69, 9.17) is 14.2 Å². The zero-order valence-electron chi connectivity index (χ0n) is 11.0. The first-order chi connectivity index (χ1) is 8.55. The molecule has 0 saturated carbocycles. The smallest absolute Gasteiger partial charge is 0.315 e. The Morgan fingerprint density at radius 2 is 1.89 bits per heavy atom. The molecule has 4 heteroatoms. The van der Waals surface area contributed by atoms with Gasteiger partial charge in [0.05, 0.1) is 25.7 Å². The molecule has 1 aromatic carbocycles. The number of methoxy groups -OCH3 is 1. The van der Waals surface area contributed by atoms with Crippen LogP contribution in [0.3, 0.4) is 0 Å². The quantitative estimate of drug-likeness (QED) is 0.755. The molecule has 1 aliphatic rings. The predicted molar refractivity (Wildman–Crippen MR) is 67.1 cm³/mol. The Kier molecular flexibility index (Phi) is 3.45. The molecule has 1 heterocycles. The zero-order valence-corrected chi connectivity index (χ0v) is 11.0. The van der Waals surface area contributed by atoms with Crippen molar-refractivity contribution in [1.29, 1.82) is 0 Å². The van der Waals surface area contributed by atoms with Crippen LogP contribution < -0.4 is 9.47 Å². The molecule has 0 aromatic heterocycles. The lowest BCUT2D eigenvalue weighted by Crippen LogP contribution is -2.30. The molecule has 0 fully saturated rings. The second-order valence-corrected chi connectivity index (χ2v) is 4.83. The van der Waals surface area contributed by atoms with Crippen molar-refractivity contribution in [3.63, 3.8) is 0 Å². The SMILES string of the molecule is COC(=O)C(C)(C)c1ccc2c(c1)OCCCO2. The van der Waals surface area contributed by atoms with Gasteiger partial charge in [-0.25, -0.2) is 0 Å². The van der Waals surface area contributed by atoms with Gasteiger partial charge in [0.25, 0.3) is 0 Å². The number of rotatable bonds is 2. The molecule has 0 saturated heterocycles. The highest BCUT2D eigenvalue weighted by atomic mass is 16.5. The number of benzene rings is 1. The van der Waals surface area contributed by atoms with Crippen molar-refractivity contribution < 1.29 is 19.0 Å². The molecule has 18 heavy (non-hydrogen) atoms. The first kappa shape index (κ1) is 12.7. The third-order valence-electron chi connectivity index (χ3n) is 3.16. The van der Waals surface area contributed by atoms with Crippen molar-refractivity contribution in [2.45, 2.75) is 25.7 Å². The number of carbonyl (C=O) groups is 1. The molecule has 0 radical (unpaired) electrons. The topological polar surface area (TPSA) is 44.8 Å². The molecule has 1 aliphatic heterocycles. The lowest BCUT2D eigenvalue weighted by atomic mass is 9.84. The Bertz CT molecular complexity index is 451. The maximum absolute atomic E-state index is 11.8. The molecule has 0 spiro atoms. The lowest BCUT2D eigenvalue weighted by Gasteiger charge is -2.23. The standard InChI is InChI=1S/C14H18O4/c1-14(2,13(15)16-3)10-5-6-11-12(9-10)18-8-4-7-17-11/h5-6,9H,4,7-8H2,1-3H3. The van der Waals surface area contributed by atoms with E-state index in [-0.39, 0.29) is 5.97 Å². The van der Waals surface area contributed by atoms with E-state index in [1.807, 2.05) is 32.0 Å². The van der Waals surface area contributed by atoms with Crippen LogP contribution >= 0.6 is 0 Å². The van der Waals surface area contributed by atoms with Crippen molar-refractivity contribution in [1.82, 2.24) is 0 Å². The average Bonchev–Trinajstić information content (AvgIpc) is 2.61. The summed E-state index contributed by atoms with van der Waals surface area (Å²) < 4.78 is 16.0. The fourth-order valence-electron chi connectivity index (χ4n) is 1.93. The predicted octanol–water partition coefficient (Wildman–Crippen LogP) is 2.30. The maximum atomic E-state index is 11.8. The molecule has 0 bridgehead atoms. The molecule has 0 unspecified atom stereocenters. The summed E-state index contributed by atoms with van der Waals surface area (Å²) >= 11 is 0. The molecule has 0 aliphatic carbocycles. The van der Waals surface area contributed by atoms with E-state index >= 15 is 0 Å². The van der Waals surface area contributed by atoms with Crippen LogP contribution in [-0.4, -0.2) is 26.3 Å². The van der Waals surface area contributed by atoms with Crippen LogP contribution in [0.15, 0.2) is 18.2 Å². The zero-order chi connectivity index (χ0) is 13.2. The first-order valence-corrected chi connectivity index (χ1v) is 6.04. The molecule has 1 aromatic rings. The van der Waals surface area contributed by atoms with Gasteiger partial charge < -0.3 is 14.2 Å². The van der Waals surface area contributed by atoms with E-state index in [9.17, 15) is 4.79 Å². The second-order valence-electron chi connectivity index (χ2n) is 4.83. The highest BCUT2D eigenvalue weighted by molar-refractivity contribution is 5.82. The Balaban J connectivity index is 2.36. The van der Waals surface area contributed by atoms with Crippen molar-refractivity contribution >= 4 is 5.97 Å². The summed E-state index contributed by atoms with van der Waals surface area (Å²) in [6.45, 7) is 4.96. The van der Waals surface area contributed by atoms with Gasteiger partial charge in [-0.1, -0.05) is 6.07 Å². The van der Waals surface area contributed by atoms with E-state index < -0.39 is 5.41 Å². The van der Waals surface area contributed by atoms with E-state index in [2.05, 4.69) is 0 Å². The number of fused-ring (bicyclic) bond motifs is 1. The minimum atomic E-state index is -0.695. The highest BCUT2D eigenvalue weighted by Crippen LogP contribution is 2.35. The highest BCUT2D eigenvalue weighted by Gasteiger charge is 2.31. The number of hydrogen-bond acceptors (Lipinski definition) is 4. The van der Waals surface area contributed by atoms with Gasteiger partial charge in [0.15, 0.2) is 11.5 Å². The largest absolute Gasteiger partial charge is 0.490 e. The van der Waals surface area contributed by atoms with Gasteiger partial charge in [0.1, 0.15) is 0 Å². The Labute approximate surface area is 107 Å². The maximum Gasteiger partial charge on any atom is 0.315 e. The monoisotopic (exact) mass is 250 g/mol. The fourth-order valence-corrected chi connectivity index (χ4v) is 1.93. The van der Waals surface area contributed by atoms with Gasteiger partial charge in [-0.15, -0.1) is 0 Å². The van der Waals surface area contributed by atoms with Crippen molar-refractivity contribution in [3.8, 4) is 11.5 Å². The third kappa shape index (κ3) is 2.28. The van der Waals surface area contributed by atoms with E-state index in [0.717, 1.165) is 17.7 Å². The molecule has 2 rings (SSSR count). The molecule has 0 N–H and O–H groups in total. The van der Waals surface area contributed by atoms with Gasteiger partial charge in [-0.05, 0) is 31.5 Å². The van der Waals surface area contributed by atoms with Crippen molar-refractivity contribution in [2.24, 2.45) is 0 Å². The van der Waals surface area contributed by atoms with Gasteiger partial charge >= 0.3 is 5.97 Å². The summed E-state index contributed by atoms with van der Waals surface area (Å²) in [4.78, 5) is 11.8. The summed E-state index contributed by atoms with van der Waals surface area (Å²) in [5.41, 5.74) is 0.165. The van der Waals surface area contributed by atoms with Crippen LogP contribution in [0.25, 0.3) is 0 Å². The molecule has 0 atom stereocenters. The Hall–Kier alpha value is -1.71. The second kappa shape index (κ2) is 4.88. The first-order valence-electron chi connectivity index (χ1n) is 6.04. The van der Waals surface area contributed by atoms with Crippen LogP contribution in [0.1, 0.15) is 25.8 Å². The number of ether oxygens (including phenoxy) is 3. The molecule has 98 valence electrons. The van der Waals surface area contributed by atoms with Crippen LogP contribution in [0.5, 0.6) is 11.5 Å². The van der Waals surface area contributed by atoms with E-state index in [1.165, 1.54) is 7.11 Å². The average molecular weight is 250 g/mol. The summed E-state index contributed by atoms with van der Waals surface area (Å²) in [5.74, 6) is 1.16. The van der Waals surface area contributed by atoms with Crippen LogP contribution in [0, 0.1) is 0 Å². The molecule has 0 amide bonds. The van der Waals surface area contributed by atoms with Crippen LogP contribution in [0.2, 0.25) is 0 Å². The van der Waals surface area contributed by atoms with E-state index in [1.54, 1.807) is 0 Å². The van der Waals surface area contributed by atoms with Gasteiger partial charge in [0.2, 0.25) is 0 Å². The third-order valence-corrected chi connectivity index (χ3v) is 3.16. The van der Waals surface area contributed by atoms with Crippen molar-refractivity contribution in [3.05, 3.63) is 23.8 Å². The minimum Gasteiger partial charge on any atom is -0.490 e. The summed E-state index contributed by atoms with van der Waals surface area (Å²) in [5, 5.41) is 0. The van der Waals surface area contributed by atoms with E-state index in [0.29, 0.717) is 19.0 Å². The van der Waals surface area contributed by atoms with Crippen LogP contribution in [-0.2, 0) is 14.9 Å². The van der Waals surface area contributed by atoms with Crippen molar-refractivity contribution in [2.75, 3.05) is 20.3 Å². The number of hydrogen-bond donors (Lipinski definition) is 0. The van der Waals surface area contributed by atoms with Gasteiger partial charge in [0, 0.05) is 6.42 Å². The molecular weight excluding hydrogens is 232 g/mol. The van der Waals surface area contributed by atoms with Crippen LogP contribution in [0.4, 0.5) is 0 Å². The minimum absolute atomic E-state index is 0.267. The molecule has 4 nitrogen and oxygen atoms in total. The Morgan fingerprint density at radius 3 is 2.56 bits per heavy atom. The summed E-state index contributed by atoms with van der Waals surface area (Å²) in [7, 11) is 1.40. The summed E-state index contributed by atoms with van der Waals surface area (Å²) in [6, 6.07) is 5.59. The van der Waals surface area contributed by atoms with Gasteiger partial charge in [-0.2, -0.15) is 0 Å². The molecular formula is C14H18O4.